The second-order valence-corrected chi connectivity index (χ2v) is 3.41. The number of hydrogen-bond acceptors (Lipinski definition) is 4. The summed E-state index contributed by atoms with van der Waals surface area (Å²) in [7, 11) is 0. The number of rotatable bonds is 5. The van der Waals surface area contributed by atoms with Crippen LogP contribution in [0.3, 0.4) is 0 Å². The van der Waals surface area contributed by atoms with Crippen molar-refractivity contribution >= 4 is 0 Å². The lowest BCUT2D eigenvalue weighted by atomic mass is 10.1. The van der Waals surface area contributed by atoms with E-state index in [4.69, 9.17) is 16.2 Å². The molecule has 1 atom stereocenters. The minimum Gasteiger partial charge on any atom is -0.508 e. The van der Waals surface area contributed by atoms with Crippen molar-refractivity contribution < 1.29 is 9.84 Å². The summed E-state index contributed by atoms with van der Waals surface area (Å²) in [5.74, 6) is 0.880. The van der Waals surface area contributed by atoms with Gasteiger partial charge in [-0.1, -0.05) is 6.92 Å². The molecule has 0 spiro atoms. The Hall–Kier alpha value is -1.26. The number of nitrogens with two attached hydrogens (primary N) is 2. The van der Waals surface area contributed by atoms with Crippen molar-refractivity contribution in [3.63, 3.8) is 0 Å². The zero-order valence-electron chi connectivity index (χ0n) is 8.94. The van der Waals surface area contributed by atoms with E-state index in [1.165, 1.54) is 0 Å². The molecule has 0 aromatic heterocycles. The van der Waals surface area contributed by atoms with E-state index in [0.717, 1.165) is 6.42 Å². The fourth-order valence-corrected chi connectivity index (χ4v) is 1.27. The van der Waals surface area contributed by atoms with Crippen LogP contribution in [-0.4, -0.2) is 18.3 Å². The summed E-state index contributed by atoms with van der Waals surface area (Å²) in [6.45, 7) is 2.99. The molecule has 5 N–H and O–H groups in total. The first kappa shape index (κ1) is 11.8. The lowest BCUT2D eigenvalue weighted by Crippen LogP contribution is -2.20. The quantitative estimate of drug-likeness (QED) is 0.680. The lowest BCUT2D eigenvalue weighted by molar-refractivity contribution is 0.316. The molecule has 0 amide bonds. The molecular weight excluding hydrogens is 192 g/mol. The second-order valence-electron chi connectivity index (χ2n) is 3.41. The molecule has 0 radical (unpaired) electrons. The first-order chi connectivity index (χ1) is 7.19. The van der Waals surface area contributed by atoms with Crippen molar-refractivity contribution in [2.24, 2.45) is 11.5 Å². The van der Waals surface area contributed by atoms with Crippen molar-refractivity contribution in [2.45, 2.75) is 19.4 Å². The highest BCUT2D eigenvalue weighted by Crippen LogP contribution is 2.26. The van der Waals surface area contributed by atoms with Gasteiger partial charge < -0.3 is 21.3 Å². The van der Waals surface area contributed by atoms with Gasteiger partial charge in [-0.2, -0.15) is 0 Å². The number of phenols is 1. The van der Waals surface area contributed by atoms with Gasteiger partial charge in [-0.05, 0) is 24.6 Å². The molecule has 1 rings (SSSR count). The Morgan fingerprint density at radius 2 is 2.20 bits per heavy atom. The summed E-state index contributed by atoms with van der Waals surface area (Å²) in [5.41, 5.74) is 11.8. The van der Waals surface area contributed by atoms with Gasteiger partial charge in [0.15, 0.2) is 0 Å². The van der Waals surface area contributed by atoms with Crippen LogP contribution in [0.4, 0.5) is 0 Å². The minimum absolute atomic E-state index is 0.164. The maximum Gasteiger partial charge on any atom is 0.120 e. The number of benzene rings is 1. The fourth-order valence-electron chi connectivity index (χ4n) is 1.27. The van der Waals surface area contributed by atoms with E-state index in [1.54, 1.807) is 18.2 Å². The molecule has 0 aliphatic heterocycles. The zero-order valence-corrected chi connectivity index (χ0v) is 8.94. The van der Waals surface area contributed by atoms with Crippen molar-refractivity contribution in [1.29, 1.82) is 0 Å². The normalized spacial score (nSPS) is 12.5. The standard InChI is InChI=1S/C11H18N2O2/c1-2-5-15-8-3-4-11(14)9(6-8)10(13)7-12/h3-4,6,10,14H,2,5,7,12-13H2,1H3/t10-/m1/s1. The maximum atomic E-state index is 9.57. The molecular formula is C11H18N2O2. The molecule has 15 heavy (non-hydrogen) atoms. The fraction of sp³-hybridized carbons (Fsp3) is 0.455. The van der Waals surface area contributed by atoms with Gasteiger partial charge in [0, 0.05) is 18.2 Å². The Morgan fingerprint density at radius 1 is 1.47 bits per heavy atom. The molecule has 0 fully saturated rings. The van der Waals surface area contributed by atoms with E-state index in [2.05, 4.69) is 0 Å². The highest BCUT2D eigenvalue weighted by Gasteiger charge is 2.10. The number of ether oxygens (including phenoxy) is 1. The third-order valence-corrected chi connectivity index (χ3v) is 2.13. The van der Waals surface area contributed by atoms with Gasteiger partial charge in [0.05, 0.1) is 6.61 Å². The predicted octanol–water partition coefficient (Wildman–Crippen LogP) is 1.14. The van der Waals surface area contributed by atoms with Crippen LogP contribution in [-0.2, 0) is 0 Å². The van der Waals surface area contributed by atoms with Crippen LogP contribution in [0.2, 0.25) is 0 Å². The molecule has 84 valence electrons. The van der Waals surface area contributed by atoms with Crippen LogP contribution < -0.4 is 16.2 Å². The Balaban J connectivity index is 2.84. The summed E-state index contributed by atoms with van der Waals surface area (Å²) < 4.78 is 5.44. The minimum atomic E-state index is -0.352. The first-order valence-corrected chi connectivity index (χ1v) is 5.10. The summed E-state index contributed by atoms with van der Waals surface area (Å²) >= 11 is 0. The van der Waals surface area contributed by atoms with E-state index in [0.29, 0.717) is 24.5 Å². The van der Waals surface area contributed by atoms with E-state index in [1.807, 2.05) is 6.92 Å². The molecule has 1 aromatic carbocycles. The Morgan fingerprint density at radius 3 is 2.80 bits per heavy atom. The van der Waals surface area contributed by atoms with Crippen molar-refractivity contribution in [2.75, 3.05) is 13.2 Å². The third-order valence-electron chi connectivity index (χ3n) is 2.13. The maximum absolute atomic E-state index is 9.57. The molecule has 0 saturated heterocycles. The van der Waals surface area contributed by atoms with Crippen LogP contribution in [0, 0.1) is 0 Å². The highest BCUT2D eigenvalue weighted by atomic mass is 16.5. The molecule has 0 bridgehead atoms. The van der Waals surface area contributed by atoms with E-state index in [-0.39, 0.29) is 11.8 Å². The second kappa shape index (κ2) is 5.58. The van der Waals surface area contributed by atoms with Crippen LogP contribution in [0.5, 0.6) is 11.5 Å². The van der Waals surface area contributed by atoms with E-state index < -0.39 is 0 Å². The number of phenolic OH excluding ortho intramolecular Hbond substituents is 1. The average molecular weight is 210 g/mol. The van der Waals surface area contributed by atoms with Crippen molar-refractivity contribution in [3.8, 4) is 11.5 Å². The van der Waals surface area contributed by atoms with Gasteiger partial charge in [0.2, 0.25) is 0 Å². The monoisotopic (exact) mass is 210 g/mol. The third kappa shape index (κ3) is 3.11. The Bertz CT molecular complexity index is 315. The first-order valence-electron chi connectivity index (χ1n) is 5.10. The van der Waals surface area contributed by atoms with Gasteiger partial charge in [-0.25, -0.2) is 0 Å². The molecule has 4 nitrogen and oxygen atoms in total. The topological polar surface area (TPSA) is 81.5 Å². The Labute approximate surface area is 89.8 Å². The number of aromatic hydroxyl groups is 1. The zero-order chi connectivity index (χ0) is 11.3. The average Bonchev–Trinajstić information content (AvgIpc) is 2.27. The van der Waals surface area contributed by atoms with Crippen LogP contribution in [0.25, 0.3) is 0 Å². The number of hydrogen-bond donors (Lipinski definition) is 3. The smallest absolute Gasteiger partial charge is 0.120 e. The van der Waals surface area contributed by atoms with Crippen molar-refractivity contribution in [1.82, 2.24) is 0 Å². The van der Waals surface area contributed by atoms with Gasteiger partial charge >= 0.3 is 0 Å². The van der Waals surface area contributed by atoms with Crippen LogP contribution >= 0.6 is 0 Å². The van der Waals surface area contributed by atoms with Crippen molar-refractivity contribution in [3.05, 3.63) is 23.8 Å². The summed E-state index contributed by atoms with van der Waals surface area (Å²) in [6, 6.07) is 4.69. The molecule has 0 aliphatic carbocycles. The summed E-state index contributed by atoms with van der Waals surface area (Å²) in [4.78, 5) is 0. The molecule has 1 aromatic rings. The highest BCUT2D eigenvalue weighted by molar-refractivity contribution is 5.41. The predicted molar refractivity (Wildman–Crippen MR) is 59.9 cm³/mol. The molecule has 0 aliphatic rings. The van der Waals surface area contributed by atoms with Gasteiger partial charge in [0.1, 0.15) is 11.5 Å². The van der Waals surface area contributed by atoms with Crippen LogP contribution in [0.1, 0.15) is 24.9 Å². The molecule has 4 heteroatoms. The van der Waals surface area contributed by atoms with Gasteiger partial charge in [-0.15, -0.1) is 0 Å². The molecule has 0 saturated carbocycles. The van der Waals surface area contributed by atoms with E-state index in [9.17, 15) is 5.11 Å². The van der Waals surface area contributed by atoms with Gasteiger partial charge in [-0.3, -0.25) is 0 Å². The SMILES string of the molecule is CCCOc1ccc(O)c([C@H](N)CN)c1. The largest absolute Gasteiger partial charge is 0.508 e. The molecule has 0 heterocycles. The lowest BCUT2D eigenvalue weighted by Gasteiger charge is -2.13. The summed E-state index contributed by atoms with van der Waals surface area (Å²) in [6.07, 6.45) is 0.944. The summed E-state index contributed by atoms with van der Waals surface area (Å²) in [5, 5.41) is 9.57. The van der Waals surface area contributed by atoms with Gasteiger partial charge in [0.25, 0.3) is 0 Å². The molecule has 0 unspecified atom stereocenters. The van der Waals surface area contributed by atoms with Crippen LogP contribution in [0.15, 0.2) is 18.2 Å². The van der Waals surface area contributed by atoms with E-state index >= 15 is 0 Å². The Kier molecular flexibility index (Phi) is 4.39.